The van der Waals surface area contributed by atoms with Crippen LogP contribution in [-0.2, 0) is 21.4 Å². The minimum absolute atomic E-state index is 0.0569. The van der Waals surface area contributed by atoms with Gasteiger partial charge < -0.3 is 4.74 Å². The van der Waals surface area contributed by atoms with E-state index in [1.54, 1.807) is 4.90 Å². The molecule has 0 N–H and O–H groups in total. The number of fused-ring (bicyclic) bond motifs is 1. The van der Waals surface area contributed by atoms with E-state index in [-0.39, 0.29) is 30.6 Å². The minimum atomic E-state index is -3.77. The highest BCUT2D eigenvalue weighted by Gasteiger charge is 2.37. The number of benzene rings is 2. The number of rotatable bonds is 3. The van der Waals surface area contributed by atoms with Crippen LogP contribution in [0.15, 0.2) is 51.8 Å². The fourth-order valence-corrected chi connectivity index (χ4v) is 5.59. The number of carbonyl (C=O) groups is 1. The molecular formula is C19H18BrFN2O4S. The van der Waals surface area contributed by atoms with Crippen LogP contribution in [0.2, 0.25) is 0 Å². The molecule has 0 unspecified atom stereocenters. The van der Waals surface area contributed by atoms with Crippen molar-refractivity contribution < 1.29 is 22.3 Å². The van der Waals surface area contributed by atoms with E-state index in [0.717, 1.165) is 21.8 Å². The average molecular weight is 469 g/mol. The second kappa shape index (κ2) is 7.46. The lowest BCUT2D eigenvalue weighted by Crippen LogP contribution is -2.50. The summed E-state index contributed by atoms with van der Waals surface area (Å²) in [4.78, 5) is 14.0. The zero-order valence-electron chi connectivity index (χ0n) is 14.8. The molecule has 148 valence electrons. The Bertz CT molecular complexity index is 1020. The van der Waals surface area contributed by atoms with Crippen molar-refractivity contribution in [3.8, 4) is 0 Å². The van der Waals surface area contributed by atoms with E-state index in [1.165, 1.54) is 22.5 Å². The summed E-state index contributed by atoms with van der Waals surface area (Å²) in [6, 6.07) is 10.5. The van der Waals surface area contributed by atoms with Crippen LogP contribution >= 0.6 is 15.9 Å². The number of anilines is 1. The molecule has 2 aromatic rings. The molecule has 2 aromatic carbocycles. The van der Waals surface area contributed by atoms with Crippen LogP contribution in [0.1, 0.15) is 18.4 Å². The highest BCUT2D eigenvalue weighted by molar-refractivity contribution is 9.10. The smallest absolute Gasteiger partial charge is 0.414 e. The molecule has 2 heterocycles. The fourth-order valence-electron chi connectivity index (χ4n) is 3.68. The first-order valence-electron chi connectivity index (χ1n) is 8.86. The van der Waals surface area contributed by atoms with Crippen molar-refractivity contribution in [2.75, 3.05) is 18.0 Å². The molecule has 0 spiro atoms. The normalized spacial score (nSPS) is 18.6. The summed E-state index contributed by atoms with van der Waals surface area (Å²) in [5.41, 5.74) is 1.70. The molecule has 4 rings (SSSR count). The first-order chi connectivity index (χ1) is 13.4. The summed E-state index contributed by atoms with van der Waals surface area (Å²) in [7, 11) is -3.77. The Morgan fingerprint density at radius 1 is 1.11 bits per heavy atom. The molecule has 0 saturated carbocycles. The number of nitrogens with zero attached hydrogens (tertiary/aromatic N) is 2. The Morgan fingerprint density at radius 3 is 2.57 bits per heavy atom. The molecule has 1 amide bonds. The third-order valence-electron chi connectivity index (χ3n) is 5.07. The summed E-state index contributed by atoms with van der Waals surface area (Å²) < 4.78 is 46.5. The van der Waals surface area contributed by atoms with Gasteiger partial charge in [0.25, 0.3) is 0 Å². The maximum atomic E-state index is 13.4. The van der Waals surface area contributed by atoms with E-state index in [0.29, 0.717) is 12.8 Å². The van der Waals surface area contributed by atoms with Crippen molar-refractivity contribution in [1.82, 2.24) is 4.31 Å². The van der Waals surface area contributed by atoms with Gasteiger partial charge in [0.05, 0.1) is 10.6 Å². The number of sulfonamides is 1. The van der Waals surface area contributed by atoms with E-state index in [4.69, 9.17) is 4.74 Å². The minimum Gasteiger partial charge on any atom is -0.444 e. The number of piperidine rings is 1. The zero-order chi connectivity index (χ0) is 19.9. The Morgan fingerprint density at radius 2 is 1.86 bits per heavy atom. The summed E-state index contributed by atoms with van der Waals surface area (Å²) in [6.07, 6.45) is 0.527. The molecule has 0 radical (unpaired) electrons. The Hall–Kier alpha value is -1.97. The van der Waals surface area contributed by atoms with Crippen LogP contribution < -0.4 is 4.90 Å². The standard InChI is InChI=1S/C19H18BrFN2O4S/c20-14-4-5-18-13(10-14)12-27-19(24)23(18)16-6-8-22(9-7-16)28(25,26)17-3-1-2-15(21)11-17/h1-5,10-11,16H,6-9,12H2. The zero-order valence-corrected chi connectivity index (χ0v) is 17.2. The largest absolute Gasteiger partial charge is 0.444 e. The summed E-state index contributed by atoms with van der Waals surface area (Å²) in [5, 5.41) is 0. The Balaban J connectivity index is 1.53. The number of hydrogen-bond donors (Lipinski definition) is 0. The number of cyclic esters (lactones) is 1. The predicted octanol–water partition coefficient (Wildman–Crippen LogP) is 3.90. The van der Waals surface area contributed by atoms with Gasteiger partial charge in [0, 0.05) is 29.2 Å². The molecule has 28 heavy (non-hydrogen) atoms. The molecule has 6 nitrogen and oxygen atoms in total. The van der Waals surface area contributed by atoms with Crippen LogP contribution in [0, 0.1) is 5.82 Å². The van der Waals surface area contributed by atoms with Gasteiger partial charge in [-0.1, -0.05) is 22.0 Å². The van der Waals surface area contributed by atoms with Crippen LogP contribution in [0.25, 0.3) is 0 Å². The number of halogens is 2. The molecule has 1 saturated heterocycles. The first kappa shape index (κ1) is 19.4. The molecule has 0 bridgehead atoms. The third-order valence-corrected chi connectivity index (χ3v) is 7.46. The number of carbonyl (C=O) groups excluding carboxylic acids is 1. The SMILES string of the molecule is O=C1OCc2cc(Br)ccc2N1C1CCN(S(=O)(=O)c2cccc(F)c2)CC1. The molecule has 0 atom stereocenters. The average Bonchev–Trinajstić information content (AvgIpc) is 2.68. The van der Waals surface area contributed by atoms with E-state index < -0.39 is 21.9 Å². The van der Waals surface area contributed by atoms with Gasteiger partial charge in [-0.05, 0) is 49.2 Å². The number of hydrogen-bond acceptors (Lipinski definition) is 4. The van der Waals surface area contributed by atoms with Gasteiger partial charge in [-0.15, -0.1) is 0 Å². The predicted molar refractivity (Wildman–Crippen MR) is 105 cm³/mol. The van der Waals surface area contributed by atoms with Gasteiger partial charge in [-0.2, -0.15) is 4.31 Å². The van der Waals surface area contributed by atoms with E-state index in [9.17, 15) is 17.6 Å². The fraction of sp³-hybridized carbons (Fsp3) is 0.316. The Labute approximate surface area is 171 Å². The van der Waals surface area contributed by atoms with Crippen molar-refractivity contribution in [2.24, 2.45) is 0 Å². The van der Waals surface area contributed by atoms with E-state index in [1.807, 2.05) is 18.2 Å². The van der Waals surface area contributed by atoms with E-state index in [2.05, 4.69) is 15.9 Å². The van der Waals surface area contributed by atoms with Gasteiger partial charge in [0.15, 0.2) is 0 Å². The summed E-state index contributed by atoms with van der Waals surface area (Å²) in [6.45, 7) is 0.717. The lowest BCUT2D eigenvalue weighted by Gasteiger charge is -2.39. The second-order valence-corrected chi connectivity index (χ2v) is 9.64. The highest BCUT2D eigenvalue weighted by atomic mass is 79.9. The molecule has 9 heteroatoms. The van der Waals surface area contributed by atoms with Gasteiger partial charge in [0.2, 0.25) is 10.0 Å². The van der Waals surface area contributed by atoms with Crippen LogP contribution in [-0.4, -0.2) is 37.9 Å². The number of amides is 1. The maximum absolute atomic E-state index is 13.4. The first-order valence-corrected chi connectivity index (χ1v) is 11.1. The lowest BCUT2D eigenvalue weighted by molar-refractivity contribution is 0.135. The van der Waals surface area contributed by atoms with Gasteiger partial charge in [-0.3, -0.25) is 4.90 Å². The topological polar surface area (TPSA) is 66.9 Å². The summed E-state index contributed by atoms with van der Waals surface area (Å²) in [5.74, 6) is -0.588. The molecule has 1 fully saturated rings. The molecule has 0 aromatic heterocycles. The van der Waals surface area contributed by atoms with Crippen LogP contribution in [0.5, 0.6) is 0 Å². The van der Waals surface area contributed by atoms with Gasteiger partial charge >= 0.3 is 6.09 Å². The third kappa shape index (κ3) is 3.54. The highest BCUT2D eigenvalue weighted by Crippen LogP contribution is 2.34. The molecule has 0 aliphatic carbocycles. The van der Waals surface area contributed by atoms with Crippen molar-refractivity contribution in [3.05, 3.63) is 58.3 Å². The summed E-state index contributed by atoms with van der Waals surface area (Å²) >= 11 is 3.42. The lowest BCUT2D eigenvalue weighted by atomic mass is 10.0. The molecule has 2 aliphatic rings. The van der Waals surface area contributed by atoms with Crippen molar-refractivity contribution in [1.29, 1.82) is 0 Å². The van der Waals surface area contributed by atoms with E-state index >= 15 is 0 Å². The number of ether oxygens (including phenoxy) is 1. The van der Waals surface area contributed by atoms with Crippen molar-refractivity contribution in [2.45, 2.75) is 30.4 Å². The second-order valence-electron chi connectivity index (χ2n) is 6.79. The van der Waals surface area contributed by atoms with Gasteiger partial charge in [-0.25, -0.2) is 17.6 Å². The van der Waals surface area contributed by atoms with Crippen molar-refractivity contribution >= 4 is 37.7 Å². The monoisotopic (exact) mass is 468 g/mol. The van der Waals surface area contributed by atoms with Crippen LogP contribution in [0.4, 0.5) is 14.9 Å². The van der Waals surface area contributed by atoms with Crippen molar-refractivity contribution in [3.63, 3.8) is 0 Å². The Kier molecular flexibility index (Phi) is 5.15. The molecule has 2 aliphatic heterocycles. The molecular weight excluding hydrogens is 451 g/mol. The maximum Gasteiger partial charge on any atom is 0.414 e. The van der Waals surface area contributed by atoms with Gasteiger partial charge in [0.1, 0.15) is 12.4 Å². The van der Waals surface area contributed by atoms with Crippen LogP contribution in [0.3, 0.4) is 0 Å². The quantitative estimate of drug-likeness (QED) is 0.684.